The SMILES string of the molecule is CCCCCCCOc1ccc(-c2cnc(-c3ccc(C[C@H](NC(=O)c4ccc(C(C)(C)C)s4)C(=O)N[C@H](CCN)C(=O)O)cc3)nc2)cc1. The molecule has 0 radical (unpaired) electrons. The van der Waals surface area contributed by atoms with Gasteiger partial charge in [0.15, 0.2) is 5.82 Å². The number of thiophene rings is 1. The average molecular weight is 700 g/mol. The summed E-state index contributed by atoms with van der Waals surface area (Å²) >= 11 is 1.37. The standard InChI is InChI=1S/C39H49N5O5S/c1-5-6-7-8-9-22-49-30-16-14-27(15-17-30)29-24-41-35(42-25-29)28-12-10-26(11-13-28)23-32(36(45)43-31(20-21-40)38(47)48)44-37(46)33-18-19-34(50-33)39(2,3)4/h10-19,24-25,31-32H,5-9,20-23,40H2,1-4H3,(H,43,45)(H,44,46)(H,47,48)/t31-,32+/m1/s1. The van der Waals surface area contributed by atoms with E-state index in [9.17, 15) is 19.5 Å². The van der Waals surface area contributed by atoms with Crippen LogP contribution in [-0.4, -0.2) is 58.1 Å². The lowest BCUT2D eigenvalue weighted by molar-refractivity contribution is -0.142. The average Bonchev–Trinajstić information content (AvgIpc) is 3.62. The number of unbranched alkanes of at least 4 members (excludes halogenated alkanes) is 4. The molecule has 4 rings (SSSR count). The first kappa shape index (κ1) is 38.2. The van der Waals surface area contributed by atoms with Gasteiger partial charge in [-0.1, -0.05) is 89.8 Å². The fourth-order valence-corrected chi connectivity index (χ4v) is 6.26. The van der Waals surface area contributed by atoms with E-state index in [1.54, 1.807) is 18.5 Å². The highest BCUT2D eigenvalue weighted by Gasteiger charge is 2.28. The second-order valence-electron chi connectivity index (χ2n) is 13.4. The minimum Gasteiger partial charge on any atom is -0.494 e. The molecule has 0 spiro atoms. The number of aromatic nitrogens is 2. The summed E-state index contributed by atoms with van der Waals surface area (Å²) in [6, 6.07) is 16.8. The van der Waals surface area contributed by atoms with Crippen LogP contribution in [0.3, 0.4) is 0 Å². The number of aliphatic carboxylic acids is 1. The van der Waals surface area contributed by atoms with Gasteiger partial charge in [-0.2, -0.15) is 0 Å². The number of carbonyl (C=O) groups is 3. The smallest absolute Gasteiger partial charge is 0.326 e. The van der Waals surface area contributed by atoms with Crippen LogP contribution in [0, 0.1) is 0 Å². The van der Waals surface area contributed by atoms with E-state index in [1.807, 2.05) is 54.6 Å². The predicted octanol–water partition coefficient (Wildman–Crippen LogP) is 6.78. The van der Waals surface area contributed by atoms with Crippen LogP contribution in [-0.2, 0) is 21.4 Å². The van der Waals surface area contributed by atoms with Crippen molar-refractivity contribution in [2.24, 2.45) is 5.73 Å². The van der Waals surface area contributed by atoms with E-state index >= 15 is 0 Å². The van der Waals surface area contributed by atoms with Crippen LogP contribution in [0.2, 0.25) is 0 Å². The first-order valence-corrected chi connectivity index (χ1v) is 18.1. The molecule has 2 heterocycles. The molecular weight excluding hydrogens is 651 g/mol. The number of carbonyl (C=O) groups excluding carboxylic acids is 2. The van der Waals surface area contributed by atoms with E-state index in [4.69, 9.17) is 10.5 Å². The summed E-state index contributed by atoms with van der Waals surface area (Å²) in [6.45, 7) is 9.21. The number of nitrogens with zero attached hydrogens (tertiary/aromatic N) is 2. The number of amides is 2. The summed E-state index contributed by atoms with van der Waals surface area (Å²) < 4.78 is 5.89. The van der Waals surface area contributed by atoms with Gasteiger partial charge in [0.25, 0.3) is 5.91 Å². The Bertz CT molecular complexity index is 1680. The van der Waals surface area contributed by atoms with Gasteiger partial charge in [0.05, 0.1) is 11.5 Å². The molecule has 0 saturated carbocycles. The molecule has 5 N–H and O–H groups in total. The lowest BCUT2D eigenvalue weighted by atomic mass is 9.95. The van der Waals surface area contributed by atoms with Crippen molar-refractivity contribution in [3.05, 3.63) is 88.4 Å². The summed E-state index contributed by atoms with van der Waals surface area (Å²) in [5, 5.41) is 14.9. The second kappa shape index (κ2) is 18.4. The molecule has 2 aromatic carbocycles. The van der Waals surface area contributed by atoms with E-state index in [1.165, 1.54) is 37.0 Å². The van der Waals surface area contributed by atoms with Crippen molar-refractivity contribution in [3.63, 3.8) is 0 Å². The second-order valence-corrected chi connectivity index (χ2v) is 14.5. The van der Waals surface area contributed by atoms with Crippen molar-refractivity contribution in [1.29, 1.82) is 0 Å². The van der Waals surface area contributed by atoms with Gasteiger partial charge in [0.2, 0.25) is 5.91 Å². The number of ether oxygens (including phenoxy) is 1. The molecule has 0 aliphatic heterocycles. The van der Waals surface area contributed by atoms with Crippen molar-refractivity contribution in [2.75, 3.05) is 13.2 Å². The Morgan fingerprint density at radius 3 is 2.10 bits per heavy atom. The Morgan fingerprint density at radius 2 is 1.50 bits per heavy atom. The monoisotopic (exact) mass is 699 g/mol. The van der Waals surface area contributed by atoms with Gasteiger partial charge < -0.3 is 26.2 Å². The normalized spacial score (nSPS) is 12.6. The Kier molecular flexibility index (Phi) is 14.1. The number of benzene rings is 2. The van der Waals surface area contributed by atoms with Crippen LogP contribution in [0.5, 0.6) is 5.75 Å². The van der Waals surface area contributed by atoms with Gasteiger partial charge in [-0.25, -0.2) is 14.8 Å². The first-order valence-electron chi connectivity index (χ1n) is 17.3. The van der Waals surface area contributed by atoms with E-state index in [0.29, 0.717) is 10.7 Å². The number of hydrogen-bond acceptors (Lipinski definition) is 8. The number of carboxylic acid groups (broad SMARTS) is 1. The predicted molar refractivity (Wildman–Crippen MR) is 198 cm³/mol. The molecule has 0 aliphatic rings. The molecule has 0 aliphatic carbocycles. The Morgan fingerprint density at radius 1 is 0.840 bits per heavy atom. The molecule has 0 bridgehead atoms. The summed E-state index contributed by atoms with van der Waals surface area (Å²) in [6.07, 6.45) is 9.77. The zero-order valence-electron chi connectivity index (χ0n) is 29.4. The van der Waals surface area contributed by atoms with Gasteiger partial charge in [0.1, 0.15) is 17.8 Å². The minimum atomic E-state index is -1.19. The molecule has 11 heteroatoms. The fourth-order valence-electron chi connectivity index (χ4n) is 5.29. The number of carboxylic acids is 1. The molecule has 0 saturated heterocycles. The highest BCUT2D eigenvalue weighted by atomic mass is 32.1. The van der Waals surface area contributed by atoms with Crippen molar-refractivity contribution in [2.45, 2.75) is 90.1 Å². The molecule has 2 amide bonds. The minimum absolute atomic E-state index is 0.0636. The Balaban J connectivity index is 1.42. The van der Waals surface area contributed by atoms with E-state index in [-0.39, 0.29) is 24.8 Å². The maximum atomic E-state index is 13.4. The molecular formula is C39H49N5O5S. The van der Waals surface area contributed by atoms with Gasteiger partial charge in [-0.3, -0.25) is 9.59 Å². The summed E-state index contributed by atoms with van der Waals surface area (Å²) in [5.74, 6) is -0.797. The molecule has 266 valence electrons. The van der Waals surface area contributed by atoms with Crippen LogP contribution < -0.4 is 21.1 Å². The first-order chi connectivity index (χ1) is 24.0. The molecule has 50 heavy (non-hydrogen) atoms. The number of nitrogens with two attached hydrogens (primary N) is 1. The summed E-state index contributed by atoms with van der Waals surface area (Å²) in [7, 11) is 0. The van der Waals surface area contributed by atoms with Crippen molar-refractivity contribution in [1.82, 2.24) is 20.6 Å². The van der Waals surface area contributed by atoms with Gasteiger partial charge >= 0.3 is 5.97 Å². The van der Waals surface area contributed by atoms with Crippen LogP contribution >= 0.6 is 11.3 Å². The summed E-state index contributed by atoms with van der Waals surface area (Å²) in [5.41, 5.74) is 8.87. The zero-order chi connectivity index (χ0) is 36.1. The quantitative estimate of drug-likeness (QED) is 0.0829. The van der Waals surface area contributed by atoms with Gasteiger partial charge in [-0.05, 0) is 60.2 Å². The molecule has 2 atom stereocenters. The van der Waals surface area contributed by atoms with E-state index < -0.39 is 29.9 Å². The largest absolute Gasteiger partial charge is 0.494 e. The third-order valence-electron chi connectivity index (χ3n) is 8.27. The maximum absolute atomic E-state index is 13.4. The number of hydrogen-bond donors (Lipinski definition) is 4. The molecule has 4 aromatic rings. The van der Waals surface area contributed by atoms with Crippen LogP contribution in [0.15, 0.2) is 73.1 Å². The molecule has 0 fully saturated rings. The van der Waals surface area contributed by atoms with E-state index in [2.05, 4.69) is 48.3 Å². The van der Waals surface area contributed by atoms with Gasteiger partial charge in [-0.15, -0.1) is 11.3 Å². The summed E-state index contributed by atoms with van der Waals surface area (Å²) in [4.78, 5) is 49.0. The Labute approximate surface area is 298 Å². The van der Waals surface area contributed by atoms with E-state index in [0.717, 1.165) is 45.9 Å². The molecule has 0 unspecified atom stereocenters. The topological polar surface area (TPSA) is 157 Å². The molecule has 2 aromatic heterocycles. The number of rotatable bonds is 18. The van der Waals surface area contributed by atoms with Crippen molar-refractivity contribution in [3.8, 4) is 28.3 Å². The number of nitrogens with one attached hydrogen (secondary N) is 2. The molecule has 10 nitrogen and oxygen atoms in total. The van der Waals surface area contributed by atoms with Crippen LogP contribution in [0.4, 0.5) is 0 Å². The van der Waals surface area contributed by atoms with Gasteiger partial charge in [0, 0.05) is 34.8 Å². The zero-order valence-corrected chi connectivity index (χ0v) is 30.2. The highest BCUT2D eigenvalue weighted by Crippen LogP contribution is 2.29. The lowest BCUT2D eigenvalue weighted by Gasteiger charge is -2.21. The highest BCUT2D eigenvalue weighted by molar-refractivity contribution is 7.14. The Hall–Kier alpha value is -4.61. The maximum Gasteiger partial charge on any atom is 0.326 e. The van der Waals surface area contributed by atoms with Crippen molar-refractivity contribution < 1.29 is 24.2 Å². The fraction of sp³-hybridized carbons (Fsp3) is 0.410. The van der Waals surface area contributed by atoms with Crippen molar-refractivity contribution >= 4 is 29.1 Å². The third kappa shape index (κ3) is 11.2. The van der Waals surface area contributed by atoms with Crippen LogP contribution in [0.1, 0.15) is 86.3 Å². The third-order valence-corrected chi connectivity index (χ3v) is 9.78. The lowest BCUT2D eigenvalue weighted by Crippen LogP contribution is -2.52. The van der Waals surface area contributed by atoms with Crippen LogP contribution in [0.25, 0.3) is 22.5 Å².